The number of nitrogens with zero attached hydrogens (tertiary/aromatic N) is 5. The molecule has 8 heteroatoms. The minimum Gasteiger partial charge on any atom is -0.501 e. The predicted octanol–water partition coefficient (Wildman–Crippen LogP) is 15.5. The number of pyridine rings is 1. The Balaban J connectivity index is 0.000000296. The van der Waals surface area contributed by atoms with Crippen LogP contribution >= 0.6 is 0 Å². The number of hydrogen-bond acceptors (Lipinski definition) is 5. The third-order valence-electron chi connectivity index (χ3n) is 12.7. The second kappa shape index (κ2) is 19.9. The smallest absolute Gasteiger partial charge is 0.190 e. The summed E-state index contributed by atoms with van der Waals surface area (Å²) < 4.78 is 9.06. The van der Waals surface area contributed by atoms with Gasteiger partial charge in [-0.25, -0.2) is 0 Å². The van der Waals surface area contributed by atoms with E-state index in [-0.39, 0.29) is 31.9 Å². The third kappa shape index (κ3) is 9.53. The van der Waals surface area contributed by atoms with Crippen molar-refractivity contribution in [3.05, 3.63) is 206 Å². The van der Waals surface area contributed by atoms with E-state index >= 15 is 0 Å². The van der Waals surface area contributed by atoms with Crippen molar-refractivity contribution in [2.45, 2.75) is 59.2 Å². The fraction of sp³-hybridized carbons (Fsp3) is 0.148. The average Bonchev–Trinajstić information content (AvgIpc) is 3.95. The molecule has 343 valence electrons. The number of rotatable bonds is 9. The van der Waals surface area contributed by atoms with Crippen LogP contribution in [0.3, 0.4) is 0 Å². The summed E-state index contributed by atoms with van der Waals surface area (Å²) in [6.45, 7) is 16.0. The SMILES string of the molecule is CC(C)c1cc(-c2ccccc2)cc(C(C)C)c1-n1c(-c2[c-]ccc3c2oc2cc(-c4ccc(-c5ccccc5)cc4)ccc23)nc2nnccc21.C[Si](C)(C)c1ccc(-c2[c-]cccc2)nc1.[Ir]. The molecule has 0 bridgehead atoms. The van der Waals surface area contributed by atoms with E-state index in [1.54, 1.807) is 6.20 Å². The molecule has 0 unspecified atom stereocenters. The Kier molecular flexibility index (Phi) is 13.5. The number of hydrogen-bond donors (Lipinski definition) is 0. The van der Waals surface area contributed by atoms with Crippen molar-refractivity contribution >= 4 is 46.4 Å². The van der Waals surface area contributed by atoms with Gasteiger partial charge in [-0.2, -0.15) is 5.10 Å². The monoisotopic (exact) mass is 1090 g/mol. The van der Waals surface area contributed by atoms with Crippen LogP contribution in [0.5, 0.6) is 0 Å². The van der Waals surface area contributed by atoms with Gasteiger partial charge >= 0.3 is 0 Å². The van der Waals surface area contributed by atoms with Gasteiger partial charge in [0.1, 0.15) is 5.58 Å². The van der Waals surface area contributed by atoms with Gasteiger partial charge in [-0.3, -0.25) is 4.98 Å². The summed E-state index contributed by atoms with van der Waals surface area (Å²) in [5, 5.41) is 12.2. The Morgan fingerprint density at radius 1 is 0.580 bits per heavy atom. The van der Waals surface area contributed by atoms with Crippen LogP contribution in [0.1, 0.15) is 50.7 Å². The van der Waals surface area contributed by atoms with Gasteiger partial charge in [0, 0.05) is 37.4 Å². The fourth-order valence-electron chi connectivity index (χ4n) is 8.97. The van der Waals surface area contributed by atoms with Crippen LogP contribution in [0.4, 0.5) is 0 Å². The molecule has 0 spiro atoms. The van der Waals surface area contributed by atoms with Gasteiger partial charge in [-0.15, -0.1) is 59.2 Å². The molecule has 11 rings (SSSR count). The van der Waals surface area contributed by atoms with Gasteiger partial charge in [0.25, 0.3) is 0 Å². The predicted molar refractivity (Wildman–Crippen MR) is 284 cm³/mol. The number of benzene rings is 7. The Hall–Kier alpha value is -7.09. The van der Waals surface area contributed by atoms with Crippen molar-refractivity contribution in [3.63, 3.8) is 0 Å². The molecule has 0 atom stereocenters. The molecule has 0 N–H and O–H groups in total. The fourth-order valence-corrected chi connectivity index (χ4v) is 10.0. The molecule has 0 amide bonds. The molecule has 4 heterocycles. The first-order valence-electron chi connectivity index (χ1n) is 23.4. The van der Waals surface area contributed by atoms with Crippen LogP contribution in [-0.4, -0.2) is 32.8 Å². The van der Waals surface area contributed by atoms with E-state index in [1.807, 2.05) is 48.7 Å². The summed E-state index contributed by atoms with van der Waals surface area (Å²) in [4.78, 5) is 9.68. The Bertz CT molecular complexity index is 3500. The first-order chi connectivity index (χ1) is 33.0. The Morgan fingerprint density at radius 3 is 1.81 bits per heavy atom. The Morgan fingerprint density at radius 2 is 1.20 bits per heavy atom. The number of fused-ring (bicyclic) bond motifs is 4. The minimum absolute atomic E-state index is 0. The van der Waals surface area contributed by atoms with E-state index in [0.717, 1.165) is 66.9 Å². The van der Waals surface area contributed by atoms with E-state index in [9.17, 15) is 0 Å². The van der Waals surface area contributed by atoms with Gasteiger partial charge in [0.05, 0.1) is 31.2 Å². The first-order valence-corrected chi connectivity index (χ1v) is 26.9. The molecule has 7 aromatic carbocycles. The molecule has 0 aliphatic carbocycles. The Labute approximate surface area is 419 Å². The van der Waals surface area contributed by atoms with Crippen molar-refractivity contribution in [1.29, 1.82) is 0 Å². The molecule has 6 nitrogen and oxygen atoms in total. The molecule has 69 heavy (non-hydrogen) atoms. The maximum absolute atomic E-state index is 6.79. The molecule has 0 aliphatic rings. The molecule has 11 aromatic rings. The van der Waals surface area contributed by atoms with E-state index in [4.69, 9.17) is 9.40 Å². The van der Waals surface area contributed by atoms with Crippen molar-refractivity contribution in [2.75, 3.05) is 0 Å². The van der Waals surface area contributed by atoms with E-state index in [2.05, 4.69) is 207 Å². The maximum Gasteiger partial charge on any atom is 0.190 e. The average molecular weight is 1090 g/mol. The number of furan rings is 1. The number of imidazole rings is 1. The summed E-state index contributed by atoms with van der Waals surface area (Å²) in [5.41, 5.74) is 16.5. The molecule has 4 aromatic heterocycles. The summed E-state index contributed by atoms with van der Waals surface area (Å²) in [6.07, 6.45) is 3.76. The van der Waals surface area contributed by atoms with Gasteiger partial charge in [0.2, 0.25) is 0 Å². The van der Waals surface area contributed by atoms with Crippen LogP contribution in [-0.2, 0) is 20.1 Å². The van der Waals surface area contributed by atoms with Crippen LogP contribution in [0, 0.1) is 12.1 Å². The van der Waals surface area contributed by atoms with Crippen LogP contribution < -0.4 is 5.19 Å². The van der Waals surface area contributed by atoms with Crippen LogP contribution in [0.15, 0.2) is 187 Å². The van der Waals surface area contributed by atoms with E-state index < -0.39 is 8.07 Å². The third-order valence-corrected chi connectivity index (χ3v) is 14.7. The maximum atomic E-state index is 6.79. The molecule has 1 radical (unpaired) electrons. The summed E-state index contributed by atoms with van der Waals surface area (Å²) >= 11 is 0. The largest absolute Gasteiger partial charge is 0.501 e. The van der Waals surface area contributed by atoms with E-state index in [1.165, 1.54) is 38.6 Å². The molecule has 0 fully saturated rings. The zero-order valence-electron chi connectivity index (χ0n) is 40.0. The first kappa shape index (κ1) is 47.0. The van der Waals surface area contributed by atoms with Crippen LogP contribution in [0.25, 0.3) is 94.8 Å². The topological polar surface area (TPSA) is 69.6 Å². The van der Waals surface area contributed by atoms with Crippen molar-refractivity contribution in [1.82, 2.24) is 24.7 Å². The van der Waals surface area contributed by atoms with Crippen molar-refractivity contribution in [2.24, 2.45) is 0 Å². The molecule has 0 saturated carbocycles. The van der Waals surface area contributed by atoms with Crippen LogP contribution in [0.2, 0.25) is 19.6 Å². The summed E-state index contributed by atoms with van der Waals surface area (Å²) in [7, 11) is -1.23. The van der Waals surface area contributed by atoms with Gasteiger partial charge < -0.3 is 14.0 Å². The van der Waals surface area contributed by atoms with Gasteiger partial charge in [0.15, 0.2) is 5.65 Å². The molecule has 0 aliphatic heterocycles. The van der Waals surface area contributed by atoms with Gasteiger partial charge in [-0.1, -0.05) is 167 Å². The normalized spacial score (nSPS) is 11.6. The van der Waals surface area contributed by atoms with Gasteiger partial charge in [-0.05, 0) is 91.5 Å². The van der Waals surface area contributed by atoms with E-state index in [0.29, 0.717) is 5.65 Å². The molecule has 0 saturated heterocycles. The quantitative estimate of drug-likeness (QED) is 0.106. The van der Waals surface area contributed by atoms with Crippen molar-refractivity contribution < 1.29 is 24.5 Å². The summed E-state index contributed by atoms with van der Waals surface area (Å²) in [6, 6.07) is 66.0. The standard InChI is InChI=1S/C47H37N4O.C14H16NSi.Ir/c1-29(2)40-26-36(32-14-9-6-10-15-32)27-41(30(3)4)44(40)51-42-24-25-48-50-46(42)49-47(51)39-17-11-16-38-37-23-22-35(28-43(37)52-45(38)39)34-20-18-33(19-21-34)31-12-7-5-8-13-31;1-16(2,3)13-9-10-14(15-11-13)12-7-5-4-6-8-12;/h5-16,18-30H,1-4H3;4-7,9-11H,1-3H3;/q2*-1;. The van der Waals surface area contributed by atoms with Crippen molar-refractivity contribution in [3.8, 4) is 61.7 Å². The zero-order chi connectivity index (χ0) is 46.9. The second-order valence-corrected chi connectivity index (χ2v) is 24.1. The molecular formula is C61H53IrN5OSi-2. The second-order valence-electron chi connectivity index (χ2n) is 19.0. The molecular weight excluding hydrogens is 1040 g/mol. The zero-order valence-corrected chi connectivity index (χ0v) is 43.3. The number of aromatic nitrogens is 5. The minimum atomic E-state index is -1.23. The summed E-state index contributed by atoms with van der Waals surface area (Å²) in [5.74, 6) is 1.21.